The molecule has 0 saturated carbocycles. The lowest BCUT2D eigenvalue weighted by molar-refractivity contribution is 0.188. The van der Waals surface area contributed by atoms with Crippen LogP contribution in [0.25, 0.3) is 10.9 Å². The van der Waals surface area contributed by atoms with E-state index < -0.39 is 6.17 Å². The smallest absolute Gasteiger partial charge is 0.319 e. The van der Waals surface area contributed by atoms with Gasteiger partial charge < -0.3 is 24.6 Å². The Morgan fingerprint density at radius 2 is 1.95 bits per heavy atom. The zero-order chi connectivity index (χ0) is 26.3. The van der Waals surface area contributed by atoms with Crippen molar-refractivity contribution in [3.05, 3.63) is 41.5 Å². The maximum Gasteiger partial charge on any atom is 0.319 e. The lowest BCUT2D eigenvalue weighted by atomic mass is 9.96. The van der Waals surface area contributed by atoms with E-state index in [1.807, 2.05) is 11.9 Å². The molecule has 4 aliphatic rings. The van der Waals surface area contributed by atoms with E-state index in [1.165, 1.54) is 22.5 Å². The van der Waals surface area contributed by atoms with Crippen LogP contribution in [-0.4, -0.2) is 86.6 Å². The number of alkyl halides is 1. The van der Waals surface area contributed by atoms with Crippen LogP contribution < -0.4 is 24.6 Å². The highest BCUT2D eigenvalue weighted by Crippen LogP contribution is 2.46. The number of hydrogen-bond donors (Lipinski definition) is 1. The number of hydrogen-bond acceptors (Lipinski definition) is 8. The Morgan fingerprint density at radius 1 is 1.08 bits per heavy atom. The highest BCUT2D eigenvalue weighted by Gasteiger charge is 2.32. The maximum absolute atomic E-state index is 14.0. The number of halogens is 1. The van der Waals surface area contributed by atoms with Crippen molar-refractivity contribution in [3.63, 3.8) is 0 Å². The van der Waals surface area contributed by atoms with Crippen molar-refractivity contribution in [2.24, 2.45) is 0 Å². The highest BCUT2D eigenvalue weighted by molar-refractivity contribution is 6.00. The second-order valence-electron chi connectivity index (χ2n) is 11.2. The Labute approximate surface area is 229 Å². The molecule has 0 aliphatic carbocycles. The second-order valence-corrected chi connectivity index (χ2v) is 11.2. The first kappa shape index (κ1) is 24.8. The van der Waals surface area contributed by atoms with E-state index in [1.54, 1.807) is 0 Å². The van der Waals surface area contributed by atoms with Crippen molar-refractivity contribution in [2.45, 2.75) is 44.3 Å². The van der Waals surface area contributed by atoms with E-state index in [0.29, 0.717) is 32.2 Å². The SMILES string of the molecule is CN1C[C@H](F)C[C@H]1COc1nc(N2CCNCC2)c2c3c(c(N4CCCc5ccccc54)cc2n1)CCCO3. The number of rotatable bonds is 5. The lowest BCUT2D eigenvalue weighted by Gasteiger charge is -2.35. The number of para-hydroxylation sites is 1. The molecule has 1 aromatic heterocycles. The summed E-state index contributed by atoms with van der Waals surface area (Å²) in [5, 5.41) is 4.43. The molecule has 5 heterocycles. The summed E-state index contributed by atoms with van der Waals surface area (Å²) in [4.78, 5) is 16.7. The van der Waals surface area contributed by atoms with Crippen molar-refractivity contribution in [3.8, 4) is 11.8 Å². The third-order valence-corrected chi connectivity index (χ3v) is 8.66. The normalized spacial score (nSPS) is 23.4. The summed E-state index contributed by atoms with van der Waals surface area (Å²) in [6.45, 7) is 6.00. The van der Waals surface area contributed by atoms with Gasteiger partial charge in [-0.1, -0.05) is 18.2 Å². The molecule has 39 heavy (non-hydrogen) atoms. The van der Waals surface area contributed by atoms with Gasteiger partial charge in [-0.2, -0.15) is 9.97 Å². The average Bonchev–Trinajstić information content (AvgIpc) is 3.31. The van der Waals surface area contributed by atoms with Gasteiger partial charge >= 0.3 is 6.01 Å². The third kappa shape index (κ3) is 4.65. The molecule has 0 spiro atoms. The fraction of sp³-hybridized carbons (Fsp3) is 0.533. The molecule has 2 atom stereocenters. The first-order valence-corrected chi connectivity index (χ1v) is 14.4. The summed E-state index contributed by atoms with van der Waals surface area (Å²) in [7, 11) is 1.95. The molecule has 8 nitrogen and oxygen atoms in total. The van der Waals surface area contributed by atoms with Gasteiger partial charge in [0.2, 0.25) is 0 Å². The molecule has 3 aromatic rings. The first-order valence-electron chi connectivity index (χ1n) is 14.4. The van der Waals surface area contributed by atoms with Crippen LogP contribution in [0.2, 0.25) is 0 Å². The number of nitrogens with one attached hydrogen (secondary N) is 1. The quantitative estimate of drug-likeness (QED) is 0.532. The Balaban J connectivity index is 1.35. The molecule has 1 N–H and O–H groups in total. The topological polar surface area (TPSA) is 66.0 Å². The predicted molar refractivity (Wildman–Crippen MR) is 152 cm³/mol. The van der Waals surface area contributed by atoms with Gasteiger partial charge in [0.25, 0.3) is 0 Å². The minimum absolute atomic E-state index is 0.0224. The van der Waals surface area contributed by atoms with E-state index in [0.717, 1.165) is 80.9 Å². The zero-order valence-corrected chi connectivity index (χ0v) is 22.7. The highest BCUT2D eigenvalue weighted by atomic mass is 19.1. The number of aromatic nitrogens is 2. The number of piperazine rings is 1. The van der Waals surface area contributed by atoms with E-state index in [9.17, 15) is 4.39 Å². The van der Waals surface area contributed by atoms with Crippen molar-refractivity contribution in [1.82, 2.24) is 20.2 Å². The molecule has 0 amide bonds. The second kappa shape index (κ2) is 10.4. The summed E-state index contributed by atoms with van der Waals surface area (Å²) in [5.74, 6) is 1.80. The van der Waals surface area contributed by atoms with Crippen molar-refractivity contribution in [2.75, 3.05) is 69.3 Å². The molecule has 206 valence electrons. The standard InChI is InChI=1S/C30H37FN6O2/c1-35-18-21(31)16-22(35)19-39-30-33-24-17-26(37-12-4-7-20-6-2-3-9-25(20)37)23-8-5-15-38-28(23)27(24)29(34-30)36-13-10-32-11-14-36/h2-3,6,9,17,21-22,32H,4-5,7-8,10-16,18-19H2,1H3/t21-,22+/m1/s1. The summed E-state index contributed by atoms with van der Waals surface area (Å²) in [5.41, 5.74) is 5.93. The molecule has 7 rings (SSSR count). The zero-order valence-electron chi connectivity index (χ0n) is 22.7. The predicted octanol–water partition coefficient (Wildman–Crippen LogP) is 3.87. The fourth-order valence-electron chi connectivity index (χ4n) is 6.65. The van der Waals surface area contributed by atoms with Crippen LogP contribution in [0, 0.1) is 0 Å². The molecule has 4 aliphatic heterocycles. The van der Waals surface area contributed by atoms with Crippen LogP contribution in [0.15, 0.2) is 30.3 Å². The van der Waals surface area contributed by atoms with Crippen LogP contribution in [0.5, 0.6) is 11.8 Å². The van der Waals surface area contributed by atoms with Crippen LogP contribution in [0.1, 0.15) is 30.4 Å². The number of benzene rings is 2. The Kier molecular flexibility index (Phi) is 6.64. The van der Waals surface area contributed by atoms with E-state index in [2.05, 4.69) is 45.4 Å². The Morgan fingerprint density at radius 3 is 2.79 bits per heavy atom. The van der Waals surface area contributed by atoms with Gasteiger partial charge in [-0.15, -0.1) is 0 Å². The number of aryl methyl sites for hydroxylation is 1. The van der Waals surface area contributed by atoms with Crippen LogP contribution in [-0.2, 0) is 12.8 Å². The largest absolute Gasteiger partial charge is 0.492 e. The maximum atomic E-state index is 14.0. The van der Waals surface area contributed by atoms with Crippen molar-refractivity contribution in [1.29, 1.82) is 0 Å². The van der Waals surface area contributed by atoms with Crippen molar-refractivity contribution >= 4 is 28.1 Å². The summed E-state index contributed by atoms with van der Waals surface area (Å²) < 4.78 is 26.7. The van der Waals surface area contributed by atoms with E-state index in [-0.39, 0.29) is 6.04 Å². The molecule has 0 radical (unpaired) electrons. The monoisotopic (exact) mass is 532 g/mol. The minimum atomic E-state index is -0.809. The summed E-state index contributed by atoms with van der Waals surface area (Å²) >= 11 is 0. The molecular formula is C30H37FN6O2. The molecule has 2 aromatic carbocycles. The van der Waals surface area contributed by atoms with Crippen LogP contribution in [0.4, 0.5) is 21.6 Å². The van der Waals surface area contributed by atoms with Gasteiger partial charge in [-0.3, -0.25) is 4.90 Å². The van der Waals surface area contributed by atoms with Gasteiger partial charge in [0.1, 0.15) is 24.3 Å². The number of ether oxygens (including phenoxy) is 2. The number of likely N-dealkylation sites (N-methyl/N-ethyl adjacent to an activating group) is 1. The average molecular weight is 533 g/mol. The minimum Gasteiger partial charge on any atom is -0.492 e. The Bertz CT molecular complexity index is 1360. The molecule has 0 unspecified atom stereocenters. The third-order valence-electron chi connectivity index (χ3n) is 8.66. The summed E-state index contributed by atoms with van der Waals surface area (Å²) in [6, 6.07) is 11.3. The van der Waals surface area contributed by atoms with Gasteiger partial charge in [-0.25, -0.2) is 4.39 Å². The lowest BCUT2D eigenvalue weighted by Crippen LogP contribution is -2.44. The number of fused-ring (bicyclic) bond motifs is 4. The van der Waals surface area contributed by atoms with E-state index in [4.69, 9.17) is 19.4 Å². The van der Waals surface area contributed by atoms with E-state index >= 15 is 0 Å². The molecular weight excluding hydrogens is 495 g/mol. The van der Waals surface area contributed by atoms with Crippen molar-refractivity contribution < 1.29 is 13.9 Å². The molecule has 2 fully saturated rings. The first-order chi connectivity index (χ1) is 19.2. The fourth-order valence-corrected chi connectivity index (χ4v) is 6.65. The Hall–Kier alpha value is -3.17. The van der Waals surface area contributed by atoms with Gasteiger partial charge in [0, 0.05) is 56.6 Å². The van der Waals surface area contributed by atoms with Gasteiger partial charge in [-0.05, 0) is 56.8 Å². The molecule has 9 heteroatoms. The number of nitrogens with zero attached hydrogens (tertiary/aromatic N) is 5. The van der Waals surface area contributed by atoms with Gasteiger partial charge in [0.15, 0.2) is 0 Å². The number of likely N-dealkylation sites (tertiary alicyclic amines) is 1. The molecule has 0 bridgehead atoms. The molecule has 2 saturated heterocycles. The number of anilines is 3. The van der Waals surface area contributed by atoms with Crippen LogP contribution in [0.3, 0.4) is 0 Å². The van der Waals surface area contributed by atoms with Gasteiger partial charge in [0.05, 0.1) is 23.2 Å². The van der Waals surface area contributed by atoms with Crippen LogP contribution >= 0.6 is 0 Å². The summed E-state index contributed by atoms with van der Waals surface area (Å²) in [6.07, 6.45) is 3.85.